The van der Waals surface area contributed by atoms with Gasteiger partial charge in [-0.1, -0.05) is 25.1 Å². The smallest absolute Gasteiger partial charge is 0.328 e. The van der Waals surface area contributed by atoms with Gasteiger partial charge in [0.2, 0.25) is 5.91 Å². The number of thioether (sulfide) groups is 1. The van der Waals surface area contributed by atoms with E-state index in [1.165, 1.54) is 11.8 Å². The number of esters is 1. The number of rotatable bonds is 12. The zero-order valence-corrected chi connectivity index (χ0v) is 18.4. The van der Waals surface area contributed by atoms with Gasteiger partial charge in [0.05, 0.1) is 17.6 Å². The summed E-state index contributed by atoms with van der Waals surface area (Å²) in [5, 5.41) is 10.5. The normalized spacial score (nSPS) is 13.1. The molecule has 0 saturated carbocycles. The largest absolute Gasteiger partial charge is 0.461 e. The monoisotopic (exact) mass is 431 g/mol. The van der Waals surface area contributed by atoms with Gasteiger partial charge in [0, 0.05) is 23.5 Å². The lowest BCUT2D eigenvalue weighted by Gasteiger charge is -2.22. The van der Waals surface area contributed by atoms with E-state index in [1.54, 1.807) is 13.8 Å². The minimum absolute atomic E-state index is 0.00429. The first-order chi connectivity index (χ1) is 14.3. The Morgan fingerprint density at radius 2 is 2.00 bits per heavy atom. The van der Waals surface area contributed by atoms with Crippen LogP contribution >= 0.6 is 11.8 Å². The number of para-hydroxylation sites is 1. The second-order valence-electron chi connectivity index (χ2n) is 7.20. The van der Waals surface area contributed by atoms with Crippen LogP contribution in [-0.2, 0) is 25.5 Å². The van der Waals surface area contributed by atoms with Crippen molar-refractivity contribution >= 4 is 46.5 Å². The van der Waals surface area contributed by atoms with E-state index >= 15 is 0 Å². The highest BCUT2D eigenvalue weighted by Crippen LogP contribution is 2.24. The van der Waals surface area contributed by atoms with E-state index in [9.17, 15) is 14.4 Å². The molecule has 0 spiro atoms. The number of carbonyl (C=O) groups is 3. The fraction of sp³-hybridized carbons (Fsp3) is 0.455. The maximum atomic E-state index is 13.0. The number of hydrogen-bond donors (Lipinski definition) is 3. The molecule has 0 fully saturated rings. The van der Waals surface area contributed by atoms with Crippen LogP contribution in [0.5, 0.6) is 0 Å². The van der Waals surface area contributed by atoms with Gasteiger partial charge < -0.3 is 20.4 Å². The van der Waals surface area contributed by atoms with Crippen molar-refractivity contribution in [2.45, 2.75) is 57.4 Å². The van der Waals surface area contributed by atoms with Crippen molar-refractivity contribution in [2.75, 3.05) is 5.75 Å². The summed E-state index contributed by atoms with van der Waals surface area (Å²) in [6.45, 7) is 5.44. The van der Waals surface area contributed by atoms with Crippen molar-refractivity contribution < 1.29 is 19.1 Å². The third-order valence-electron chi connectivity index (χ3n) is 4.53. The zero-order valence-electron chi connectivity index (χ0n) is 17.6. The van der Waals surface area contributed by atoms with Gasteiger partial charge in [0.25, 0.3) is 0 Å². The highest BCUT2D eigenvalue weighted by Gasteiger charge is 2.28. The van der Waals surface area contributed by atoms with Crippen LogP contribution in [0.3, 0.4) is 0 Å². The molecular formula is C22H29N3O4S. The van der Waals surface area contributed by atoms with Crippen molar-refractivity contribution in [3.8, 4) is 0 Å². The Bertz CT molecular complexity index is 893. The number of benzene rings is 1. The molecule has 1 unspecified atom stereocenters. The highest BCUT2D eigenvalue weighted by molar-refractivity contribution is 8.00. The summed E-state index contributed by atoms with van der Waals surface area (Å²) in [5.41, 5.74) is 2.05. The molecule has 1 amide bonds. The van der Waals surface area contributed by atoms with Crippen LogP contribution in [0.4, 0.5) is 0 Å². The highest BCUT2D eigenvalue weighted by atomic mass is 32.2. The van der Waals surface area contributed by atoms with Gasteiger partial charge in [-0.05, 0) is 44.1 Å². The topological polar surface area (TPSA) is 112 Å². The lowest BCUT2D eigenvalue weighted by atomic mass is 10.1. The quantitative estimate of drug-likeness (QED) is 0.353. The predicted octanol–water partition coefficient (Wildman–Crippen LogP) is 3.27. The minimum atomic E-state index is -0.924. The summed E-state index contributed by atoms with van der Waals surface area (Å²) < 4.78 is 5.25. The van der Waals surface area contributed by atoms with Crippen LogP contribution < -0.4 is 5.32 Å². The van der Waals surface area contributed by atoms with Crippen LogP contribution in [0.25, 0.3) is 10.9 Å². The molecule has 7 nitrogen and oxygen atoms in total. The van der Waals surface area contributed by atoms with Crippen LogP contribution in [0.1, 0.15) is 39.2 Å². The summed E-state index contributed by atoms with van der Waals surface area (Å²) in [6, 6.07) is 6.98. The van der Waals surface area contributed by atoms with Crippen molar-refractivity contribution in [3.05, 3.63) is 36.0 Å². The number of nitrogens with one attached hydrogen (secondary N) is 3. The van der Waals surface area contributed by atoms with Crippen molar-refractivity contribution in [1.29, 1.82) is 5.41 Å². The average molecular weight is 432 g/mol. The molecule has 8 heteroatoms. The molecule has 2 rings (SSSR count). The fourth-order valence-corrected chi connectivity index (χ4v) is 4.03. The second-order valence-corrected chi connectivity index (χ2v) is 8.68. The summed E-state index contributed by atoms with van der Waals surface area (Å²) in [5.74, 6) is -0.484. The number of carbonyl (C=O) groups excluding carboxylic acids is 3. The number of fused-ring (bicyclic) bond motifs is 1. The standard InChI is InChI=1S/C22H29N3O4S/c1-4-30-20(11-15-13-24-18-8-6-5-7-17(15)18)21(27)25-19(10-9-16(26)12-23)22(28)29-14(2)3/h5-8,12-14,19-20,23-24H,4,9-11H2,1-3H3,(H,25,27)/t19-,20?/m0/s1. The molecule has 1 aromatic heterocycles. The number of ether oxygens (including phenoxy) is 1. The molecule has 1 aromatic carbocycles. The second kappa shape index (κ2) is 11.5. The summed E-state index contributed by atoms with van der Waals surface area (Å²) >= 11 is 1.51. The average Bonchev–Trinajstić information content (AvgIpc) is 3.12. The zero-order chi connectivity index (χ0) is 22.1. The summed E-state index contributed by atoms with van der Waals surface area (Å²) in [7, 11) is 0. The summed E-state index contributed by atoms with van der Waals surface area (Å²) in [4.78, 5) is 40.2. The Labute approximate surface area is 180 Å². The molecule has 0 aliphatic heterocycles. The van der Waals surface area contributed by atoms with E-state index in [0.717, 1.165) is 28.4 Å². The third-order valence-corrected chi connectivity index (χ3v) is 5.65. The van der Waals surface area contributed by atoms with E-state index in [2.05, 4.69) is 10.3 Å². The van der Waals surface area contributed by atoms with E-state index in [1.807, 2.05) is 37.4 Å². The molecular weight excluding hydrogens is 402 g/mol. The molecule has 0 aliphatic carbocycles. The molecule has 2 atom stereocenters. The minimum Gasteiger partial charge on any atom is -0.461 e. The van der Waals surface area contributed by atoms with Crippen molar-refractivity contribution in [2.24, 2.45) is 0 Å². The van der Waals surface area contributed by atoms with Gasteiger partial charge >= 0.3 is 5.97 Å². The van der Waals surface area contributed by atoms with Gasteiger partial charge in [-0.2, -0.15) is 0 Å². The third kappa shape index (κ3) is 6.73. The number of H-pyrrole nitrogens is 1. The first kappa shape index (κ1) is 23.7. The van der Waals surface area contributed by atoms with Crippen LogP contribution in [-0.4, -0.2) is 52.0 Å². The Morgan fingerprint density at radius 3 is 2.67 bits per heavy atom. The van der Waals surface area contributed by atoms with Crippen LogP contribution in [0, 0.1) is 5.41 Å². The number of ketones is 1. The molecule has 0 radical (unpaired) electrons. The number of aromatic nitrogens is 1. The molecule has 162 valence electrons. The van der Waals surface area contributed by atoms with Gasteiger partial charge in [0.1, 0.15) is 6.04 Å². The van der Waals surface area contributed by atoms with Crippen LogP contribution in [0.2, 0.25) is 0 Å². The lowest BCUT2D eigenvalue weighted by molar-refractivity contribution is -0.151. The number of hydrogen-bond acceptors (Lipinski definition) is 6. The van der Waals surface area contributed by atoms with E-state index in [4.69, 9.17) is 10.1 Å². The number of aromatic amines is 1. The Morgan fingerprint density at radius 1 is 1.27 bits per heavy atom. The SMILES string of the molecule is CCSC(Cc1c[nH]c2ccccc12)C(=O)N[C@@H](CCC(=O)C=N)C(=O)OC(C)C. The number of Topliss-reactive ketones (excluding diaryl/α,β-unsaturated/α-hetero) is 1. The molecule has 0 aliphatic rings. The van der Waals surface area contributed by atoms with Crippen molar-refractivity contribution in [3.63, 3.8) is 0 Å². The molecule has 0 saturated heterocycles. The van der Waals surface area contributed by atoms with Gasteiger partial charge in [0.15, 0.2) is 5.78 Å². The summed E-state index contributed by atoms with van der Waals surface area (Å²) in [6.07, 6.45) is 2.91. The maximum absolute atomic E-state index is 13.0. The van der Waals surface area contributed by atoms with Crippen molar-refractivity contribution in [1.82, 2.24) is 10.3 Å². The number of amides is 1. The van der Waals surface area contributed by atoms with Gasteiger partial charge in [-0.3, -0.25) is 9.59 Å². The van der Waals surface area contributed by atoms with E-state index < -0.39 is 17.8 Å². The van der Waals surface area contributed by atoms with Gasteiger partial charge in [-0.25, -0.2) is 4.79 Å². The molecule has 3 N–H and O–H groups in total. The maximum Gasteiger partial charge on any atom is 0.328 e. The molecule has 1 heterocycles. The van der Waals surface area contributed by atoms with E-state index in [0.29, 0.717) is 6.42 Å². The molecule has 2 aromatic rings. The van der Waals surface area contributed by atoms with E-state index in [-0.39, 0.29) is 30.1 Å². The fourth-order valence-electron chi connectivity index (χ4n) is 3.12. The Kier molecular flexibility index (Phi) is 9.11. The molecule has 0 bridgehead atoms. The Hall–Kier alpha value is -2.61. The first-order valence-electron chi connectivity index (χ1n) is 10.1. The van der Waals surface area contributed by atoms with Gasteiger partial charge in [-0.15, -0.1) is 11.8 Å². The molecule has 30 heavy (non-hydrogen) atoms. The lowest BCUT2D eigenvalue weighted by Crippen LogP contribution is -2.46. The van der Waals surface area contributed by atoms with Crippen LogP contribution in [0.15, 0.2) is 30.5 Å². The first-order valence-corrected chi connectivity index (χ1v) is 11.1. The Balaban J connectivity index is 2.14. The predicted molar refractivity (Wildman–Crippen MR) is 120 cm³/mol.